The number of carbonyl (C=O) groups excluding carboxylic acids is 1. The summed E-state index contributed by atoms with van der Waals surface area (Å²) in [5, 5.41) is 4.12. The number of aryl methyl sites for hydroxylation is 1. The summed E-state index contributed by atoms with van der Waals surface area (Å²) in [4.78, 5) is 16.1. The molecule has 0 saturated carbocycles. The molecule has 3 rings (SSSR count). The van der Waals surface area contributed by atoms with Crippen LogP contribution in [0.3, 0.4) is 0 Å². The van der Waals surface area contributed by atoms with Gasteiger partial charge in [0.25, 0.3) is 0 Å². The topological polar surface area (TPSA) is 78.8 Å². The number of carbonyl (C=O) groups is 1. The van der Waals surface area contributed by atoms with Crippen LogP contribution in [-0.4, -0.2) is 78.3 Å². The first kappa shape index (κ1) is 15.4. The number of likely N-dealkylation sites (N-methyl/N-ethyl adjacent to an activating group) is 1. The van der Waals surface area contributed by atoms with E-state index in [1.165, 1.54) is 10.6 Å². The summed E-state index contributed by atoms with van der Waals surface area (Å²) in [6, 6.07) is 0. The molecule has 2 saturated heterocycles. The fourth-order valence-electron chi connectivity index (χ4n) is 3.29. The minimum atomic E-state index is -3.21. The highest BCUT2D eigenvalue weighted by Gasteiger charge is 2.49. The van der Waals surface area contributed by atoms with Gasteiger partial charge in [-0.05, 0) is 13.5 Å². The standard InChI is InChI=1S/C13H21N5O3S/c1-15-8-12(19)18(11-6-14-16(2)7-11)10-13(15)4-5-17(9-13)22(3,20)21/h6-7H,4-5,8-10H2,1-3H3/t13-/m1/s1. The fraction of sp³-hybridized carbons (Fsp3) is 0.692. The molecule has 9 heteroatoms. The molecule has 0 unspecified atom stereocenters. The molecule has 0 bridgehead atoms. The average molecular weight is 327 g/mol. The highest BCUT2D eigenvalue weighted by atomic mass is 32.2. The monoisotopic (exact) mass is 327 g/mol. The van der Waals surface area contributed by atoms with E-state index >= 15 is 0 Å². The van der Waals surface area contributed by atoms with Crippen molar-refractivity contribution in [2.45, 2.75) is 12.0 Å². The predicted octanol–water partition coefficient (Wildman–Crippen LogP) is -0.897. The summed E-state index contributed by atoms with van der Waals surface area (Å²) in [5.41, 5.74) is 0.435. The molecule has 2 aliphatic rings. The van der Waals surface area contributed by atoms with Gasteiger partial charge in [0.15, 0.2) is 0 Å². The van der Waals surface area contributed by atoms with Crippen LogP contribution >= 0.6 is 0 Å². The summed E-state index contributed by atoms with van der Waals surface area (Å²) in [6.45, 7) is 1.69. The number of amides is 1. The minimum Gasteiger partial charge on any atom is -0.306 e. The second-order valence-corrected chi connectivity index (χ2v) is 8.26. The van der Waals surface area contributed by atoms with E-state index in [1.807, 2.05) is 11.9 Å². The Morgan fingerprint density at radius 2 is 2.00 bits per heavy atom. The Kier molecular flexibility index (Phi) is 3.54. The van der Waals surface area contributed by atoms with Crippen LogP contribution < -0.4 is 4.90 Å². The zero-order chi connectivity index (χ0) is 16.1. The Balaban J connectivity index is 1.88. The Hall–Kier alpha value is -1.45. The first-order valence-electron chi connectivity index (χ1n) is 7.17. The molecule has 0 aromatic carbocycles. The van der Waals surface area contributed by atoms with Gasteiger partial charge in [-0.15, -0.1) is 0 Å². The van der Waals surface area contributed by atoms with Crippen LogP contribution in [0.1, 0.15) is 6.42 Å². The Morgan fingerprint density at radius 1 is 1.27 bits per heavy atom. The van der Waals surface area contributed by atoms with E-state index in [0.29, 0.717) is 19.6 Å². The van der Waals surface area contributed by atoms with Gasteiger partial charge in [-0.2, -0.15) is 5.10 Å². The van der Waals surface area contributed by atoms with Gasteiger partial charge in [0.05, 0.1) is 30.2 Å². The van der Waals surface area contributed by atoms with E-state index < -0.39 is 10.0 Å². The normalized spacial score (nSPS) is 28.0. The van der Waals surface area contributed by atoms with Crippen molar-refractivity contribution in [2.75, 3.05) is 44.4 Å². The Bertz CT molecular complexity index is 700. The molecule has 1 atom stereocenters. The van der Waals surface area contributed by atoms with Crippen molar-refractivity contribution in [3.05, 3.63) is 12.4 Å². The lowest BCUT2D eigenvalue weighted by Crippen LogP contribution is -2.64. The molecule has 2 aliphatic heterocycles. The zero-order valence-corrected chi connectivity index (χ0v) is 13.9. The molecule has 1 aromatic rings. The Morgan fingerprint density at radius 3 is 2.55 bits per heavy atom. The smallest absolute Gasteiger partial charge is 0.241 e. The molecular formula is C13H21N5O3S. The zero-order valence-electron chi connectivity index (χ0n) is 13.1. The van der Waals surface area contributed by atoms with Gasteiger partial charge in [-0.3, -0.25) is 14.4 Å². The van der Waals surface area contributed by atoms with Crippen molar-refractivity contribution in [1.82, 2.24) is 19.0 Å². The van der Waals surface area contributed by atoms with Crippen LogP contribution in [0.2, 0.25) is 0 Å². The maximum absolute atomic E-state index is 12.3. The average Bonchev–Trinajstić information content (AvgIpc) is 3.01. The molecule has 0 N–H and O–H groups in total. The minimum absolute atomic E-state index is 0.0129. The summed E-state index contributed by atoms with van der Waals surface area (Å²) in [6.07, 6.45) is 5.43. The van der Waals surface area contributed by atoms with E-state index in [4.69, 9.17) is 0 Å². The number of rotatable bonds is 2. The van der Waals surface area contributed by atoms with Crippen molar-refractivity contribution in [3.63, 3.8) is 0 Å². The number of piperazine rings is 1. The van der Waals surface area contributed by atoms with Crippen LogP contribution in [-0.2, 0) is 21.9 Å². The second-order valence-electron chi connectivity index (χ2n) is 6.28. The van der Waals surface area contributed by atoms with E-state index in [0.717, 1.165) is 12.1 Å². The molecule has 1 aromatic heterocycles. The van der Waals surface area contributed by atoms with Crippen LogP contribution in [0.4, 0.5) is 5.69 Å². The van der Waals surface area contributed by atoms with Gasteiger partial charge >= 0.3 is 0 Å². The van der Waals surface area contributed by atoms with Crippen molar-refractivity contribution in [2.24, 2.45) is 7.05 Å². The molecule has 3 heterocycles. The molecule has 8 nitrogen and oxygen atoms in total. The lowest BCUT2D eigenvalue weighted by atomic mass is 9.93. The van der Waals surface area contributed by atoms with Gasteiger partial charge in [-0.25, -0.2) is 12.7 Å². The van der Waals surface area contributed by atoms with Crippen LogP contribution in [0, 0.1) is 0 Å². The third kappa shape index (κ3) is 2.53. The van der Waals surface area contributed by atoms with Crippen molar-refractivity contribution in [1.29, 1.82) is 0 Å². The van der Waals surface area contributed by atoms with E-state index in [2.05, 4.69) is 5.10 Å². The van der Waals surface area contributed by atoms with Crippen LogP contribution in [0.5, 0.6) is 0 Å². The highest BCUT2D eigenvalue weighted by molar-refractivity contribution is 7.88. The third-order valence-electron chi connectivity index (χ3n) is 4.70. The molecular weight excluding hydrogens is 306 g/mol. The quantitative estimate of drug-likeness (QED) is 0.704. The lowest BCUT2D eigenvalue weighted by molar-refractivity contribution is -0.123. The van der Waals surface area contributed by atoms with Gasteiger partial charge in [0.2, 0.25) is 15.9 Å². The molecule has 122 valence electrons. The summed E-state index contributed by atoms with van der Waals surface area (Å²) in [7, 11) is 0.493. The van der Waals surface area contributed by atoms with E-state index in [-0.39, 0.29) is 18.0 Å². The van der Waals surface area contributed by atoms with Gasteiger partial charge < -0.3 is 4.90 Å². The molecule has 2 fully saturated rings. The largest absolute Gasteiger partial charge is 0.306 e. The number of aromatic nitrogens is 2. The van der Waals surface area contributed by atoms with Gasteiger partial charge in [-0.1, -0.05) is 0 Å². The van der Waals surface area contributed by atoms with E-state index in [1.54, 1.807) is 29.0 Å². The molecule has 1 amide bonds. The molecule has 0 radical (unpaired) electrons. The fourth-order valence-corrected chi connectivity index (χ4v) is 4.18. The van der Waals surface area contributed by atoms with Gasteiger partial charge in [0.1, 0.15) is 0 Å². The van der Waals surface area contributed by atoms with E-state index in [9.17, 15) is 13.2 Å². The SMILES string of the molecule is CN1CC(=O)N(c2cnn(C)c2)C[C@]12CCN(S(C)(=O)=O)C2. The number of anilines is 1. The third-order valence-corrected chi connectivity index (χ3v) is 5.95. The summed E-state index contributed by atoms with van der Waals surface area (Å²) in [5.74, 6) is 0.0129. The molecule has 22 heavy (non-hydrogen) atoms. The van der Waals surface area contributed by atoms with Crippen LogP contribution in [0.15, 0.2) is 12.4 Å². The van der Waals surface area contributed by atoms with Crippen molar-refractivity contribution in [3.8, 4) is 0 Å². The van der Waals surface area contributed by atoms with Crippen molar-refractivity contribution >= 4 is 21.6 Å². The number of nitrogens with zero attached hydrogens (tertiary/aromatic N) is 5. The van der Waals surface area contributed by atoms with Crippen LogP contribution in [0.25, 0.3) is 0 Å². The highest BCUT2D eigenvalue weighted by Crippen LogP contribution is 2.34. The maximum Gasteiger partial charge on any atom is 0.241 e. The maximum atomic E-state index is 12.3. The number of hydrogen-bond donors (Lipinski definition) is 0. The first-order chi connectivity index (χ1) is 10.2. The van der Waals surface area contributed by atoms with Gasteiger partial charge in [0, 0.05) is 32.9 Å². The molecule has 0 aliphatic carbocycles. The Labute approximate surface area is 130 Å². The summed E-state index contributed by atoms with van der Waals surface area (Å²) < 4.78 is 26.8. The second kappa shape index (κ2) is 5.04. The molecule has 1 spiro atoms. The first-order valence-corrected chi connectivity index (χ1v) is 9.01. The van der Waals surface area contributed by atoms with Crippen molar-refractivity contribution < 1.29 is 13.2 Å². The lowest BCUT2D eigenvalue weighted by Gasteiger charge is -2.46. The predicted molar refractivity (Wildman–Crippen MR) is 82.0 cm³/mol. The summed E-state index contributed by atoms with van der Waals surface area (Å²) >= 11 is 0. The number of hydrogen-bond acceptors (Lipinski definition) is 5. The number of sulfonamides is 1.